The largest absolute Gasteiger partial charge is 0.376 e. The minimum absolute atomic E-state index is 0.171. The van der Waals surface area contributed by atoms with Gasteiger partial charge in [-0.05, 0) is 70.5 Å². The van der Waals surface area contributed by atoms with Crippen molar-refractivity contribution in [1.29, 1.82) is 0 Å². The Hall–Kier alpha value is -1.99. The number of carbonyl (C=O) groups is 2. The van der Waals surface area contributed by atoms with E-state index < -0.39 is 0 Å². The molecule has 6 nitrogen and oxygen atoms in total. The van der Waals surface area contributed by atoms with Gasteiger partial charge >= 0.3 is 0 Å². The van der Waals surface area contributed by atoms with Crippen LogP contribution in [0.4, 0.5) is 0 Å². The van der Waals surface area contributed by atoms with Crippen LogP contribution in [0.1, 0.15) is 43.6 Å². The average molecular weight is 390 g/mol. The van der Waals surface area contributed by atoms with E-state index in [0.717, 1.165) is 42.9 Å². The van der Waals surface area contributed by atoms with Crippen LogP contribution in [0, 0.1) is 13.8 Å². The number of amides is 2. The lowest BCUT2D eigenvalue weighted by atomic mass is 10.1. The van der Waals surface area contributed by atoms with Crippen molar-refractivity contribution in [3.05, 3.63) is 28.6 Å². The Morgan fingerprint density at radius 3 is 2.33 bits per heavy atom. The molecule has 0 aromatic carbocycles. The third-order valence-corrected chi connectivity index (χ3v) is 5.81. The first-order valence-corrected chi connectivity index (χ1v) is 9.97. The van der Waals surface area contributed by atoms with Gasteiger partial charge in [-0.15, -0.1) is 0 Å². The zero-order valence-electron chi connectivity index (χ0n) is 16.4. The summed E-state index contributed by atoms with van der Waals surface area (Å²) in [7, 11) is 0. The van der Waals surface area contributed by atoms with Crippen molar-refractivity contribution in [3.8, 4) is 0 Å². The minimum atomic E-state index is -0.318. The van der Waals surface area contributed by atoms with Gasteiger partial charge in [0, 0.05) is 37.6 Å². The normalized spacial score (nSPS) is 20.8. The summed E-state index contributed by atoms with van der Waals surface area (Å²) in [6.07, 6.45) is 4.12. The number of hydrogen-bond acceptors (Lipinski definition) is 4. The molecule has 7 heteroatoms. The third kappa shape index (κ3) is 3.58. The lowest BCUT2D eigenvalue weighted by Crippen LogP contribution is -2.55. The Morgan fingerprint density at radius 2 is 1.81 bits per heavy atom. The van der Waals surface area contributed by atoms with Gasteiger partial charge in [0.1, 0.15) is 5.57 Å². The van der Waals surface area contributed by atoms with Crippen molar-refractivity contribution in [2.45, 2.75) is 53.2 Å². The molecular formula is C20H27N3O3S. The van der Waals surface area contributed by atoms with Gasteiger partial charge in [0.05, 0.1) is 6.10 Å². The second-order valence-electron chi connectivity index (χ2n) is 7.01. The molecule has 0 bridgehead atoms. The molecule has 1 aromatic rings. The number of aryl methyl sites for hydroxylation is 1. The van der Waals surface area contributed by atoms with Crippen LogP contribution in [0.2, 0.25) is 0 Å². The van der Waals surface area contributed by atoms with Gasteiger partial charge in [-0.3, -0.25) is 19.4 Å². The molecule has 0 saturated carbocycles. The molecule has 2 aliphatic rings. The first-order chi connectivity index (χ1) is 12.9. The summed E-state index contributed by atoms with van der Waals surface area (Å²) in [5.74, 6) is -0.637. The zero-order chi connectivity index (χ0) is 19.7. The summed E-state index contributed by atoms with van der Waals surface area (Å²) in [6, 6.07) is 2.03. The maximum atomic E-state index is 12.8. The van der Waals surface area contributed by atoms with Crippen LogP contribution in [-0.2, 0) is 20.9 Å². The van der Waals surface area contributed by atoms with E-state index in [1.807, 2.05) is 33.8 Å². The smallest absolute Gasteiger partial charge is 0.265 e. The quantitative estimate of drug-likeness (QED) is 0.441. The Bertz CT molecular complexity index is 778. The zero-order valence-corrected chi connectivity index (χ0v) is 17.3. The van der Waals surface area contributed by atoms with Crippen molar-refractivity contribution in [2.75, 3.05) is 19.7 Å². The Balaban J connectivity index is 1.96. The molecule has 3 rings (SSSR count). The first-order valence-electron chi connectivity index (χ1n) is 9.56. The number of hydrogen-bond donors (Lipinski definition) is 0. The van der Waals surface area contributed by atoms with Crippen molar-refractivity contribution >= 4 is 35.2 Å². The summed E-state index contributed by atoms with van der Waals surface area (Å²) in [6.45, 7) is 10.3. The SMILES string of the molecule is CCN1C(=O)C(=Cc2cc(C)n(C[C@H]3CCCO3)c2C)C(=O)N(CC)C1=S. The van der Waals surface area contributed by atoms with Crippen LogP contribution in [0.3, 0.4) is 0 Å². The van der Waals surface area contributed by atoms with Crippen LogP contribution < -0.4 is 0 Å². The van der Waals surface area contributed by atoms with Gasteiger partial charge in [0.15, 0.2) is 5.11 Å². The first kappa shape index (κ1) is 19.8. The van der Waals surface area contributed by atoms with Gasteiger partial charge in [0.2, 0.25) is 0 Å². The molecule has 0 aliphatic carbocycles. The molecular weight excluding hydrogens is 362 g/mol. The highest BCUT2D eigenvalue weighted by Crippen LogP contribution is 2.25. The molecule has 0 radical (unpaired) electrons. The Morgan fingerprint density at radius 1 is 1.19 bits per heavy atom. The van der Waals surface area contributed by atoms with Gasteiger partial charge in [0.25, 0.3) is 11.8 Å². The van der Waals surface area contributed by atoms with E-state index >= 15 is 0 Å². The molecule has 27 heavy (non-hydrogen) atoms. The summed E-state index contributed by atoms with van der Waals surface area (Å²) >= 11 is 5.31. The molecule has 146 valence electrons. The highest BCUT2D eigenvalue weighted by Gasteiger charge is 2.38. The van der Waals surface area contributed by atoms with Crippen LogP contribution in [-0.4, -0.2) is 57.1 Å². The number of nitrogens with zero attached hydrogens (tertiary/aromatic N) is 3. The van der Waals surface area contributed by atoms with Crippen LogP contribution in [0.25, 0.3) is 6.08 Å². The second-order valence-corrected chi connectivity index (χ2v) is 7.38. The summed E-state index contributed by atoms with van der Waals surface area (Å²) < 4.78 is 7.97. The Kier molecular flexibility index (Phi) is 5.81. The number of aromatic nitrogens is 1. The molecule has 0 spiro atoms. The van der Waals surface area contributed by atoms with Gasteiger partial charge < -0.3 is 9.30 Å². The predicted octanol–water partition coefficient (Wildman–Crippen LogP) is 2.66. The monoisotopic (exact) mass is 389 g/mol. The van der Waals surface area contributed by atoms with Crippen molar-refractivity contribution in [3.63, 3.8) is 0 Å². The standard InChI is InChI=1S/C20H27N3O3S/c1-5-21-18(24)17(19(25)22(6-2)20(21)27)11-15-10-13(3)23(14(15)4)12-16-8-7-9-26-16/h10-11,16H,5-9,12H2,1-4H3/t16-/m1/s1. The number of thiocarbonyl (C=S) groups is 1. The summed E-state index contributed by atoms with van der Waals surface area (Å²) in [5.41, 5.74) is 3.20. The molecule has 2 fully saturated rings. The molecule has 2 aliphatic heterocycles. The topological polar surface area (TPSA) is 54.8 Å². The van der Waals surface area contributed by atoms with Crippen LogP contribution >= 0.6 is 12.2 Å². The van der Waals surface area contributed by atoms with E-state index in [1.54, 1.807) is 6.08 Å². The molecule has 1 atom stereocenters. The summed E-state index contributed by atoms with van der Waals surface area (Å²) in [4.78, 5) is 28.6. The van der Waals surface area contributed by atoms with E-state index in [-0.39, 0.29) is 28.6 Å². The van der Waals surface area contributed by atoms with Gasteiger partial charge in [-0.25, -0.2) is 0 Å². The predicted molar refractivity (Wildman–Crippen MR) is 108 cm³/mol. The van der Waals surface area contributed by atoms with Crippen LogP contribution in [0.5, 0.6) is 0 Å². The van der Waals surface area contributed by atoms with E-state index in [4.69, 9.17) is 17.0 Å². The lowest BCUT2D eigenvalue weighted by molar-refractivity contribution is -0.133. The lowest BCUT2D eigenvalue weighted by Gasteiger charge is -2.35. The van der Waals surface area contributed by atoms with Gasteiger partial charge in [-0.1, -0.05) is 0 Å². The van der Waals surface area contributed by atoms with Crippen molar-refractivity contribution < 1.29 is 14.3 Å². The molecule has 1 aromatic heterocycles. The fourth-order valence-electron chi connectivity index (χ4n) is 3.79. The highest BCUT2D eigenvalue weighted by atomic mass is 32.1. The van der Waals surface area contributed by atoms with Crippen molar-refractivity contribution in [1.82, 2.24) is 14.4 Å². The molecule has 2 amide bonds. The number of likely N-dealkylation sites (N-methyl/N-ethyl adjacent to an activating group) is 2. The van der Waals surface area contributed by atoms with Crippen molar-refractivity contribution in [2.24, 2.45) is 0 Å². The molecule has 0 unspecified atom stereocenters. The summed E-state index contributed by atoms with van der Waals surface area (Å²) in [5, 5.41) is 0.288. The van der Waals surface area contributed by atoms with E-state index in [2.05, 4.69) is 4.57 Å². The van der Waals surface area contributed by atoms with E-state index in [0.29, 0.717) is 13.1 Å². The van der Waals surface area contributed by atoms with E-state index in [9.17, 15) is 9.59 Å². The average Bonchev–Trinajstić information content (AvgIpc) is 3.23. The van der Waals surface area contributed by atoms with Crippen LogP contribution in [0.15, 0.2) is 11.6 Å². The maximum absolute atomic E-state index is 12.8. The van der Waals surface area contributed by atoms with Gasteiger partial charge in [-0.2, -0.15) is 0 Å². The second kappa shape index (κ2) is 7.94. The third-order valence-electron chi connectivity index (χ3n) is 5.37. The Labute approximate surface area is 165 Å². The number of rotatable bonds is 5. The fourth-order valence-corrected chi connectivity index (χ4v) is 4.21. The minimum Gasteiger partial charge on any atom is -0.376 e. The maximum Gasteiger partial charge on any atom is 0.265 e. The fraction of sp³-hybridized carbons (Fsp3) is 0.550. The highest BCUT2D eigenvalue weighted by molar-refractivity contribution is 7.80. The number of ether oxygens (including phenoxy) is 1. The number of carbonyl (C=O) groups excluding carboxylic acids is 2. The molecule has 3 heterocycles. The molecule has 2 saturated heterocycles. The molecule has 0 N–H and O–H groups in total. The van der Waals surface area contributed by atoms with E-state index in [1.165, 1.54) is 9.80 Å².